The van der Waals surface area contributed by atoms with Crippen LogP contribution in [0.15, 0.2) is 36.7 Å². The summed E-state index contributed by atoms with van der Waals surface area (Å²) in [7, 11) is 2.15. The first kappa shape index (κ1) is 16.6. The van der Waals surface area contributed by atoms with Gasteiger partial charge < -0.3 is 9.47 Å². The molecule has 0 bridgehead atoms. The monoisotopic (exact) mass is 371 g/mol. The first-order valence-electron chi connectivity index (χ1n) is 8.32. The zero-order chi connectivity index (χ0) is 17.6. The highest BCUT2D eigenvalue weighted by molar-refractivity contribution is 6.42. The van der Waals surface area contributed by atoms with Crippen molar-refractivity contribution in [3.05, 3.63) is 63.5 Å². The summed E-state index contributed by atoms with van der Waals surface area (Å²) in [6, 6.07) is 8.04. The maximum Gasteiger partial charge on any atom is 0.0613 e. The van der Waals surface area contributed by atoms with E-state index in [0.717, 1.165) is 25.0 Å². The molecule has 128 valence electrons. The minimum absolute atomic E-state index is 0.591. The number of likely N-dealkylation sites (N-methyl/N-ethyl adjacent to an activating group) is 1. The second kappa shape index (κ2) is 6.49. The fourth-order valence-electron chi connectivity index (χ4n) is 3.55. The van der Waals surface area contributed by atoms with Crippen molar-refractivity contribution in [2.75, 3.05) is 13.6 Å². The van der Waals surface area contributed by atoms with Gasteiger partial charge in [-0.1, -0.05) is 23.2 Å². The Morgan fingerprint density at radius 1 is 1.16 bits per heavy atom. The molecule has 3 nitrogen and oxygen atoms in total. The minimum Gasteiger partial charge on any atom is -0.320 e. The summed E-state index contributed by atoms with van der Waals surface area (Å²) in [6.45, 7) is 4.10. The largest absolute Gasteiger partial charge is 0.320 e. The van der Waals surface area contributed by atoms with E-state index < -0.39 is 0 Å². The number of aromatic nitrogens is 2. The molecule has 3 aromatic rings. The van der Waals surface area contributed by atoms with Crippen molar-refractivity contribution in [3.8, 4) is 0 Å². The average Bonchev–Trinajstić information content (AvgIpc) is 2.89. The Morgan fingerprint density at radius 3 is 2.64 bits per heavy atom. The summed E-state index contributed by atoms with van der Waals surface area (Å²) in [4.78, 5) is 6.44. The Labute approximate surface area is 157 Å². The average molecular weight is 372 g/mol. The molecular formula is C20H19Cl2N3. The maximum atomic E-state index is 6.32. The van der Waals surface area contributed by atoms with Crippen LogP contribution >= 0.6 is 23.2 Å². The van der Waals surface area contributed by atoms with Gasteiger partial charge in [-0.15, -0.1) is 0 Å². The molecule has 0 saturated heterocycles. The summed E-state index contributed by atoms with van der Waals surface area (Å²) >= 11 is 12.6. The number of benzene rings is 1. The van der Waals surface area contributed by atoms with E-state index in [2.05, 4.69) is 34.6 Å². The number of allylic oxidation sites excluding steroid dienone is 1. The molecule has 0 saturated carbocycles. The molecule has 3 heterocycles. The van der Waals surface area contributed by atoms with Gasteiger partial charge in [0.1, 0.15) is 0 Å². The molecule has 0 unspecified atom stereocenters. The lowest BCUT2D eigenvalue weighted by Crippen LogP contribution is -2.26. The van der Waals surface area contributed by atoms with Crippen LogP contribution in [-0.2, 0) is 13.0 Å². The van der Waals surface area contributed by atoms with Gasteiger partial charge in [0.2, 0.25) is 0 Å². The Bertz CT molecular complexity index is 974. The lowest BCUT2D eigenvalue weighted by molar-refractivity contribution is 0.312. The van der Waals surface area contributed by atoms with Crippen LogP contribution in [0.4, 0.5) is 0 Å². The van der Waals surface area contributed by atoms with Crippen LogP contribution in [0.1, 0.15) is 23.7 Å². The van der Waals surface area contributed by atoms with E-state index in [-0.39, 0.29) is 0 Å². The molecule has 0 aliphatic carbocycles. The zero-order valence-corrected chi connectivity index (χ0v) is 15.8. The van der Waals surface area contributed by atoms with Gasteiger partial charge in [-0.05, 0) is 54.9 Å². The highest BCUT2D eigenvalue weighted by atomic mass is 35.5. The van der Waals surface area contributed by atoms with Gasteiger partial charge in [0.05, 0.1) is 15.6 Å². The topological polar surface area (TPSA) is 21.1 Å². The van der Waals surface area contributed by atoms with E-state index in [0.29, 0.717) is 10.0 Å². The quantitative estimate of drug-likeness (QED) is 0.605. The molecular weight excluding hydrogens is 353 g/mol. The second-order valence-electron chi connectivity index (χ2n) is 6.61. The SMILES string of the molecule is CC(=Cn1c2c(c3cc(Cl)c(Cl)cc31)CN(C)CC2)c1ccncc1. The summed E-state index contributed by atoms with van der Waals surface area (Å²) in [5.41, 5.74) is 6.16. The minimum atomic E-state index is 0.591. The normalized spacial score (nSPS) is 15.6. The lowest BCUT2D eigenvalue weighted by Gasteiger charge is -2.23. The lowest BCUT2D eigenvalue weighted by atomic mass is 10.1. The van der Waals surface area contributed by atoms with Crippen LogP contribution in [0.25, 0.3) is 22.7 Å². The van der Waals surface area contributed by atoms with Crippen LogP contribution in [0.2, 0.25) is 10.0 Å². The fourth-order valence-corrected chi connectivity index (χ4v) is 3.87. The molecule has 4 rings (SSSR count). The highest BCUT2D eigenvalue weighted by Crippen LogP contribution is 2.36. The fraction of sp³-hybridized carbons (Fsp3) is 0.250. The summed E-state index contributed by atoms with van der Waals surface area (Å²) in [5.74, 6) is 0. The van der Waals surface area contributed by atoms with Crippen molar-refractivity contribution in [1.29, 1.82) is 0 Å². The first-order valence-corrected chi connectivity index (χ1v) is 9.08. The summed E-state index contributed by atoms with van der Waals surface area (Å²) in [5, 5.41) is 2.39. The number of pyridine rings is 1. The number of nitrogens with zero attached hydrogens (tertiary/aromatic N) is 3. The van der Waals surface area contributed by atoms with Gasteiger partial charge in [-0.25, -0.2) is 0 Å². The molecule has 0 spiro atoms. The number of hydrogen-bond donors (Lipinski definition) is 0. The van der Waals surface area contributed by atoms with Crippen LogP contribution in [-0.4, -0.2) is 28.0 Å². The Balaban J connectivity index is 1.96. The molecule has 0 atom stereocenters. The Morgan fingerprint density at radius 2 is 1.88 bits per heavy atom. The smallest absolute Gasteiger partial charge is 0.0613 e. The highest BCUT2D eigenvalue weighted by Gasteiger charge is 2.22. The van der Waals surface area contributed by atoms with E-state index >= 15 is 0 Å². The molecule has 1 aliphatic heterocycles. The third-order valence-corrected chi connectivity index (χ3v) is 5.60. The van der Waals surface area contributed by atoms with Crippen molar-refractivity contribution in [2.45, 2.75) is 19.9 Å². The van der Waals surface area contributed by atoms with E-state index in [9.17, 15) is 0 Å². The van der Waals surface area contributed by atoms with Crippen molar-refractivity contribution >= 4 is 45.9 Å². The molecule has 5 heteroatoms. The predicted octanol–water partition coefficient (Wildman–Crippen LogP) is 5.35. The summed E-state index contributed by atoms with van der Waals surface area (Å²) in [6.07, 6.45) is 6.85. The molecule has 25 heavy (non-hydrogen) atoms. The molecule has 0 amide bonds. The predicted molar refractivity (Wildman–Crippen MR) is 106 cm³/mol. The maximum absolute atomic E-state index is 6.32. The number of halogens is 2. The van der Waals surface area contributed by atoms with E-state index in [1.165, 1.54) is 27.8 Å². The van der Waals surface area contributed by atoms with Gasteiger partial charge in [-0.3, -0.25) is 4.98 Å². The summed E-state index contributed by atoms with van der Waals surface area (Å²) < 4.78 is 2.29. The molecule has 1 aromatic carbocycles. The van der Waals surface area contributed by atoms with Crippen molar-refractivity contribution in [2.24, 2.45) is 0 Å². The van der Waals surface area contributed by atoms with Crippen molar-refractivity contribution in [3.63, 3.8) is 0 Å². The third kappa shape index (κ3) is 2.97. The van der Waals surface area contributed by atoms with E-state index in [1.54, 1.807) is 0 Å². The number of fused-ring (bicyclic) bond motifs is 3. The van der Waals surface area contributed by atoms with E-state index in [4.69, 9.17) is 23.2 Å². The first-order chi connectivity index (χ1) is 12.0. The molecule has 1 aliphatic rings. The van der Waals surface area contributed by atoms with Crippen molar-refractivity contribution < 1.29 is 0 Å². The van der Waals surface area contributed by atoms with Crippen LogP contribution in [0.5, 0.6) is 0 Å². The van der Waals surface area contributed by atoms with Crippen LogP contribution in [0.3, 0.4) is 0 Å². The number of rotatable bonds is 2. The van der Waals surface area contributed by atoms with Gasteiger partial charge in [-0.2, -0.15) is 0 Å². The van der Waals surface area contributed by atoms with Gasteiger partial charge in [0, 0.05) is 49.2 Å². The van der Waals surface area contributed by atoms with Crippen molar-refractivity contribution in [1.82, 2.24) is 14.5 Å². The third-order valence-electron chi connectivity index (χ3n) is 4.88. The molecule has 2 aromatic heterocycles. The van der Waals surface area contributed by atoms with Crippen LogP contribution < -0.4 is 0 Å². The van der Waals surface area contributed by atoms with E-state index in [1.807, 2.05) is 36.7 Å². The second-order valence-corrected chi connectivity index (χ2v) is 7.43. The zero-order valence-electron chi connectivity index (χ0n) is 14.3. The standard InChI is InChI=1S/C20H19Cl2N3/c1-13(14-3-6-23-7-4-14)11-25-19-5-8-24(2)12-16(19)15-9-17(21)18(22)10-20(15)25/h3-4,6-7,9-11H,5,8,12H2,1-2H3. The molecule has 0 N–H and O–H groups in total. The van der Waals surface area contributed by atoms with Crippen LogP contribution in [0, 0.1) is 0 Å². The Kier molecular flexibility index (Phi) is 4.32. The van der Waals surface area contributed by atoms with Gasteiger partial charge in [0.15, 0.2) is 0 Å². The molecule has 0 fully saturated rings. The van der Waals surface area contributed by atoms with Gasteiger partial charge >= 0.3 is 0 Å². The Hall–Kier alpha value is -1.81. The number of hydrogen-bond acceptors (Lipinski definition) is 2. The van der Waals surface area contributed by atoms with Gasteiger partial charge in [0.25, 0.3) is 0 Å². The molecule has 0 radical (unpaired) electrons.